The zero-order valence-corrected chi connectivity index (χ0v) is 15.1. The molecule has 4 nitrogen and oxygen atoms in total. The third-order valence-corrected chi connectivity index (χ3v) is 9.05. The normalized spacial score (nSPS) is 15.9. The van der Waals surface area contributed by atoms with Crippen molar-refractivity contribution in [3.63, 3.8) is 0 Å². The lowest BCUT2D eigenvalue weighted by Gasteiger charge is -2.23. The van der Waals surface area contributed by atoms with Gasteiger partial charge in [0, 0.05) is 0 Å². The number of sulfone groups is 2. The third-order valence-electron chi connectivity index (χ3n) is 2.66. The Bertz CT molecular complexity index is 559. The van der Waals surface area contributed by atoms with Gasteiger partial charge in [0.05, 0.1) is 0 Å². The Labute approximate surface area is 136 Å². The second-order valence-corrected chi connectivity index (χ2v) is 15.3. The van der Waals surface area contributed by atoms with Gasteiger partial charge in [-0.1, -0.05) is 17.1 Å². The highest BCUT2D eigenvalue weighted by Crippen LogP contribution is 2.46. The molecule has 0 atom stereocenters. The van der Waals surface area contributed by atoms with Crippen LogP contribution in [0.5, 0.6) is 0 Å². The largest absolute Gasteiger partial charge is 0.498 e. The van der Waals surface area contributed by atoms with Crippen molar-refractivity contribution in [3.8, 4) is 0 Å². The highest BCUT2D eigenvalue weighted by molar-refractivity contribution is 8.50. The van der Waals surface area contributed by atoms with Crippen molar-refractivity contribution in [2.24, 2.45) is 0 Å². The molecule has 23 heavy (non-hydrogen) atoms. The molecule has 0 amide bonds. The van der Waals surface area contributed by atoms with Crippen LogP contribution in [-0.2, 0) is 19.7 Å². The minimum absolute atomic E-state index is 0.00306. The average molecular weight is 433 g/mol. The van der Waals surface area contributed by atoms with Crippen LogP contribution in [0, 0.1) is 0 Å². The molecule has 0 spiro atoms. The summed E-state index contributed by atoms with van der Waals surface area (Å²) in [6.07, 6.45) is 1.47. The minimum atomic E-state index is -6.53. The van der Waals surface area contributed by atoms with Crippen molar-refractivity contribution in [2.45, 2.75) is 34.9 Å². The molecule has 0 N–H and O–H groups in total. The second-order valence-electron chi connectivity index (χ2n) is 5.01. The highest BCUT2D eigenvalue weighted by Gasteiger charge is 2.62. The first-order valence-electron chi connectivity index (χ1n) is 5.85. The Morgan fingerprint density at radius 3 is 1.43 bits per heavy atom. The predicted molar refractivity (Wildman–Crippen MR) is 77.7 cm³/mol. The van der Waals surface area contributed by atoms with Crippen LogP contribution < -0.4 is 0 Å². The Hall–Kier alpha value is 0.120. The van der Waals surface area contributed by atoms with Gasteiger partial charge in [0.2, 0.25) is 0 Å². The Balaban J connectivity index is 5.54. The first-order chi connectivity index (χ1) is 9.84. The molecule has 0 aliphatic carbocycles. The molecule has 0 saturated heterocycles. The number of hydrogen-bond donors (Lipinski definition) is 0. The lowest BCUT2D eigenvalue weighted by molar-refractivity contribution is -0.0472. The van der Waals surface area contributed by atoms with Gasteiger partial charge >= 0.3 is 11.0 Å². The highest BCUT2D eigenvalue weighted by atomic mass is 35.7. The summed E-state index contributed by atoms with van der Waals surface area (Å²) in [4.78, 5) is 0. The SMILES string of the molecule is CS(C)(Cl)CCCCC(S(=O)(=O)C(F)(F)F)S(=O)(=O)C(F)(F)F. The summed E-state index contributed by atoms with van der Waals surface area (Å²) in [5.41, 5.74) is -12.2. The standard InChI is InChI=1S/C9H15ClF6O4S3/c1-21(2,10)6-4-3-5-7(22(17,18)8(11,12)13)23(19,20)9(14,15)16/h7H,3-6H2,1-2H3. The van der Waals surface area contributed by atoms with Crippen LogP contribution in [0.15, 0.2) is 0 Å². The van der Waals surface area contributed by atoms with Gasteiger partial charge in [0.15, 0.2) is 4.58 Å². The molecule has 0 aromatic heterocycles. The van der Waals surface area contributed by atoms with Crippen LogP contribution in [0.2, 0.25) is 0 Å². The van der Waals surface area contributed by atoms with Crippen molar-refractivity contribution < 1.29 is 43.2 Å². The zero-order chi connectivity index (χ0) is 18.9. The topological polar surface area (TPSA) is 68.3 Å². The van der Waals surface area contributed by atoms with E-state index in [0.29, 0.717) is 0 Å². The molecule has 0 aromatic carbocycles. The summed E-state index contributed by atoms with van der Waals surface area (Å²) in [7, 11) is -8.82. The maximum Gasteiger partial charge on any atom is 0.498 e. The third kappa shape index (κ3) is 6.16. The van der Waals surface area contributed by atoms with E-state index in [4.69, 9.17) is 10.7 Å². The van der Waals surface area contributed by atoms with Crippen LogP contribution in [0.25, 0.3) is 0 Å². The van der Waals surface area contributed by atoms with Gasteiger partial charge in [0.25, 0.3) is 19.7 Å². The molecule has 0 aliphatic heterocycles. The summed E-state index contributed by atoms with van der Waals surface area (Å²) in [5.74, 6) is 0.236. The van der Waals surface area contributed by atoms with Gasteiger partial charge in [-0.2, -0.15) is 35.6 Å². The molecular formula is C9H15ClF6O4S3. The molecule has 0 fully saturated rings. The maximum absolute atomic E-state index is 12.5. The molecule has 0 bridgehead atoms. The molecule has 0 aliphatic rings. The summed E-state index contributed by atoms with van der Waals surface area (Å²) in [6, 6.07) is 0. The first kappa shape index (κ1) is 23.1. The molecule has 0 radical (unpaired) electrons. The van der Waals surface area contributed by atoms with Crippen LogP contribution in [0.4, 0.5) is 26.3 Å². The van der Waals surface area contributed by atoms with E-state index < -0.39 is 57.4 Å². The van der Waals surface area contributed by atoms with E-state index in [-0.39, 0.29) is 12.2 Å². The van der Waals surface area contributed by atoms with Crippen LogP contribution in [-0.4, -0.2) is 50.7 Å². The summed E-state index contributed by atoms with van der Waals surface area (Å²) in [6.45, 7) is 0. The second kappa shape index (κ2) is 7.16. The van der Waals surface area contributed by atoms with Crippen LogP contribution >= 0.6 is 19.9 Å². The van der Waals surface area contributed by atoms with E-state index in [1.54, 1.807) is 12.5 Å². The van der Waals surface area contributed by atoms with E-state index >= 15 is 0 Å². The van der Waals surface area contributed by atoms with Crippen molar-refractivity contribution >= 4 is 39.6 Å². The van der Waals surface area contributed by atoms with Crippen molar-refractivity contribution in [1.82, 2.24) is 0 Å². The van der Waals surface area contributed by atoms with Crippen molar-refractivity contribution in [2.75, 3.05) is 18.3 Å². The van der Waals surface area contributed by atoms with Gasteiger partial charge in [-0.15, -0.1) is 0 Å². The van der Waals surface area contributed by atoms with Gasteiger partial charge in [-0.05, 0) is 31.1 Å². The molecular weight excluding hydrogens is 418 g/mol. The van der Waals surface area contributed by atoms with Gasteiger partial charge in [0.1, 0.15) is 0 Å². The number of halogens is 7. The molecule has 0 aromatic rings. The molecule has 142 valence electrons. The molecule has 14 heteroatoms. The van der Waals surface area contributed by atoms with Crippen LogP contribution in [0.1, 0.15) is 19.3 Å². The smallest absolute Gasteiger partial charge is 0.218 e. The van der Waals surface area contributed by atoms with E-state index in [9.17, 15) is 43.2 Å². The fourth-order valence-electron chi connectivity index (χ4n) is 1.53. The van der Waals surface area contributed by atoms with Gasteiger partial charge in [-0.3, -0.25) is 0 Å². The van der Waals surface area contributed by atoms with E-state index in [1.807, 2.05) is 0 Å². The van der Waals surface area contributed by atoms with Gasteiger partial charge < -0.3 is 0 Å². The monoisotopic (exact) mass is 432 g/mol. The Morgan fingerprint density at radius 1 is 0.826 bits per heavy atom. The Kier molecular flexibility index (Phi) is 7.20. The average Bonchev–Trinajstić information content (AvgIpc) is 2.22. The van der Waals surface area contributed by atoms with Crippen molar-refractivity contribution in [1.29, 1.82) is 0 Å². The lowest BCUT2D eigenvalue weighted by Crippen LogP contribution is -2.44. The minimum Gasteiger partial charge on any atom is -0.218 e. The fourth-order valence-corrected chi connectivity index (χ4v) is 6.29. The van der Waals surface area contributed by atoms with E-state index in [0.717, 1.165) is 0 Å². The molecule has 0 rings (SSSR count). The maximum atomic E-state index is 12.5. The summed E-state index contributed by atoms with van der Waals surface area (Å²) >= 11 is 0. The van der Waals surface area contributed by atoms with Gasteiger partial charge in [-0.25, -0.2) is 16.8 Å². The predicted octanol–water partition coefficient (Wildman–Crippen LogP) is 3.57. The zero-order valence-electron chi connectivity index (χ0n) is 11.9. The molecule has 0 saturated carbocycles. The van der Waals surface area contributed by atoms with E-state index in [1.165, 1.54) is 0 Å². The lowest BCUT2D eigenvalue weighted by atomic mass is 10.3. The summed E-state index contributed by atoms with van der Waals surface area (Å²) in [5, 5.41) is 0. The quantitative estimate of drug-likeness (QED) is 0.455. The Morgan fingerprint density at radius 2 is 1.17 bits per heavy atom. The number of unbranched alkanes of at least 4 members (excludes halogenated alkanes) is 1. The van der Waals surface area contributed by atoms with Crippen molar-refractivity contribution in [3.05, 3.63) is 0 Å². The fraction of sp³-hybridized carbons (Fsp3) is 1.00. The van der Waals surface area contributed by atoms with E-state index in [2.05, 4.69) is 0 Å². The first-order valence-corrected chi connectivity index (χ1v) is 12.4. The molecule has 0 unspecified atom stereocenters. The van der Waals surface area contributed by atoms with Crippen LogP contribution in [0.3, 0.4) is 0 Å². The number of alkyl halides is 6. The number of rotatable bonds is 7. The summed E-state index contributed by atoms with van der Waals surface area (Å²) < 4.78 is 116. The number of hydrogen-bond acceptors (Lipinski definition) is 4. The molecule has 0 heterocycles.